The van der Waals surface area contributed by atoms with Gasteiger partial charge in [0, 0.05) is 5.69 Å². The van der Waals surface area contributed by atoms with Crippen molar-refractivity contribution < 1.29 is 9.90 Å². The zero-order valence-corrected chi connectivity index (χ0v) is 6.72. The van der Waals surface area contributed by atoms with Gasteiger partial charge in [-0.1, -0.05) is 0 Å². The van der Waals surface area contributed by atoms with E-state index >= 15 is 0 Å². The second-order valence-corrected chi connectivity index (χ2v) is 2.48. The highest BCUT2D eigenvalue weighted by atomic mass is 16.4. The van der Waals surface area contributed by atoms with Crippen molar-refractivity contribution in [2.24, 2.45) is 0 Å². The molecule has 0 saturated heterocycles. The number of fused-ring (bicyclic) bond motifs is 1. The van der Waals surface area contributed by atoms with Gasteiger partial charge in [0.05, 0.1) is 6.20 Å². The van der Waals surface area contributed by atoms with Gasteiger partial charge in [-0.2, -0.15) is 9.50 Å². The molecule has 2 heterocycles. The third-order valence-corrected chi connectivity index (χ3v) is 1.45. The van der Waals surface area contributed by atoms with Crippen LogP contribution in [0, 0.1) is 13.1 Å². The van der Waals surface area contributed by atoms with Crippen molar-refractivity contribution in [2.45, 2.75) is 6.92 Å². The number of aryl methyl sites for hydroxylation is 1. The normalized spacial score (nSPS) is 10.5. The van der Waals surface area contributed by atoms with E-state index in [9.17, 15) is 4.79 Å². The molecule has 65 valence electrons. The van der Waals surface area contributed by atoms with Crippen LogP contribution in [0.3, 0.4) is 0 Å². The Morgan fingerprint density at radius 2 is 2.38 bits per heavy atom. The van der Waals surface area contributed by atoms with Crippen molar-refractivity contribution >= 4 is 11.7 Å². The topological polar surface area (TPSA) is 80.4 Å². The fourth-order valence-corrected chi connectivity index (χ4v) is 0.898. The number of nitrogens with zero attached hydrogens (tertiary/aromatic N) is 4. The summed E-state index contributed by atoms with van der Waals surface area (Å²) in [7, 11) is 0. The van der Waals surface area contributed by atoms with Gasteiger partial charge in [-0.15, -0.1) is 5.10 Å². The Morgan fingerprint density at radius 3 is 3.08 bits per heavy atom. The summed E-state index contributed by atoms with van der Waals surface area (Å²) >= 11 is 0. The predicted molar refractivity (Wildman–Crippen MR) is 41.3 cm³/mol. The van der Waals surface area contributed by atoms with Gasteiger partial charge in [0.25, 0.3) is 11.6 Å². The molecule has 0 aliphatic rings. The van der Waals surface area contributed by atoms with E-state index < -0.39 is 5.97 Å². The van der Waals surface area contributed by atoms with Crippen molar-refractivity contribution in [1.82, 2.24) is 19.6 Å². The molecule has 0 fully saturated rings. The summed E-state index contributed by atoms with van der Waals surface area (Å²) in [6.07, 6.45) is 2.71. The first kappa shape index (κ1) is 7.66. The van der Waals surface area contributed by atoms with Gasteiger partial charge in [0.2, 0.25) is 0 Å². The van der Waals surface area contributed by atoms with Gasteiger partial charge in [0.1, 0.15) is 0 Å². The molecular formula is C7H5N4O2. The van der Waals surface area contributed by atoms with Crippen molar-refractivity contribution in [2.75, 3.05) is 0 Å². The monoisotopic (exact) mass is 177 g/mol. The fourth-order valence-electron chi connectivity index (χ4n) is 0.898. The van der Waals surface area contributed by atoms with Crippen LogP contribution in [0.5, 0.6) is 0 Å². The van der Waals surface area contributed by atoms with Gasteiger partial charge < -0.3 is 5.11 Å². The molecule has 0 aromatic carbocycles. The van der Waals surface area contributed by atoms with Gasteiger partial charge in [-0.25, -0.2) is 9.78 Å². The van der Waals surface area contributed by atoms with Gasteiger partial charge in [-0.05, 0) is 13.0 Å². The number of carboxylic acids is 1. The largest absolute Gasteiger partial charge is 0.475 e. The smallest absolute Gasteiger partial charge is 0.375 e. The van der Waals surface area contributed by atoms with Crippen LogP contribution in [0.4, 0.5) is 0 Å². The molecule has 0 spiro atoms. The van der Waals surface area contributed by atoms with E-state index in [-0.39, 0.29) is 11.6 Å². The first-order valence-electron chi connectivity index (χ1n) is 3.52. The van der Waals surface area contributed by atoms with Crippen LogP contribution in [0.15, 0.2) is 6.07 Å². The first-order chi connectivity index (χ1) is 6.16. The average Bonchev–Trinajstić information content (AvgIpc) is 2.46. The van der Waals surface area contributed by atoms with Crippen molar-refractivity contribution in [1.29, 1.82) is 0 Å². The predicted octanol–water partition coefficient (Wildman–Crippen LogP) is -0.0689. The molecule has 0 saturated carbocycles. The van der Waals surface area contributed by atoms with Crippen LogP contribution in [0.1, 0.15) is 16.3 Å². The molecule has 6 heteroatoms. The van der Waals surface area contributed by atoms with Gasteiger partial charge in [0.15, 0.2) is 0 Å². The summed E-state index contributed by atoms with van der Waals surface area (Å²) in [6.45, 7) is 1.77. The summed E-state index contributed by atoms with van der Waals surface area (Å²) < 4.78 is 1.20. The lowest BCUT2D eigenvalue weighted by Gasteiger charge is -1.88. The number of carboxylic acid groups (broad SMARTS) is 1. The highest BCUT2D eigenvalue weighted by Gasteiger charge is 2.11. The number of hydrogen-bond acceptors (Lipinski definition) is 4. The maximum atomic E-state index is 10.5. The van der Waals surface area contributed by atoms with E-state index in [1.807, 2.05) is 0 Å². The van der Waals surface area contributed by atoms with E-state index in [1.54, 1.807) is 13.0 Å². The SMILES string of the molecule is Cc1c[c]n2nc(C(=O)O)nc2n1. The highest BCUT2D eigenvalue weighted by Crippen LogP contribution is 1.98. The van der Waals surface area contributed by atoms with E-state index in [4.69, 9.17) is 5.11 Å². The maximum absolute atomic E-state index is 10.5. The second kappa shape index (κ2) is 2.51. The molecule has 0 atom stereocenters. The minimum absolute atomic E-state index is 0.248. The molecule has 1 radical (unpaired) electrons. The average molecular weight is 177 g/mol. The van der Waals surface area contributed by atoms with Gasteiger partial charge >= 0.3 is 5.97 Å². The summed E-state index contributed by atoms with van der Waals surface area (Å²) in [6, 6.07) is 1.60. The number of hydrogen-bond donors (Lipinski definition) is 1. The highest BCUT2D eigenvalue weighted by molar-refractivity contribution is 5.83. The lowest BCUT2D eigenvalue weighted by Crippen LogP contribution is -1.99. The molecule has 1 N–H and O–H groups in total. The Labute approximate surface area is 72.9 Å². The Hall–Kier alpha value is -1.98. The third-order valence-electron chi connectivity index (χ3n) is 1.45. The van der Waals surface area contributed by atoms with Gasteiger partial charge in [-0.3, -0.25) is 0 Å². The summed E-state index contributed by atoms with van der Waals surface area (Å²) in [4.78, 5) is 18.1. The number of aromatic carboxylic acids is 1. The lowest BCUT2D eigenvalue weighted by atomic mass is 10.5. The summed E-state index contributed by atoms with van der Waals surface area (Å²) in [5, 5.41) is 12.2. The zero-order valence-electron chi connectivity index (χ0n) is 6.72. The minimum atomic E-state index is -1.17. The molecule has 0 unspecified atom stereocenters. The molecule has 6 nitrogen and oxygen atoms in total. The van der Waals surface area contributed by atoms with Crippen molar-refractivity contribution in [3.05, 3.63) is 23.8 Å². The standard InChI is InChI=1S/C7H5N4O2/c1-4-2-3-11-7(8-4)9-5(10-11)6(12)13/h2H,1H3,(H,12,13). The van der Waals surface area contributed by atoms with Crippen LogP contribution < -0.4 is 0 Å². The maximum Gasteiger partial charge on any atom is 0.375 e. The Morgan fingerprint density at radius 1 is 1.62 bits per heavy atom. The number of rotatable bonds is 1. The molecule has 0 bridgehead atoms. The second-order valence-electron chi connectivity index (χ2n) is 2.48. The lowest BCUT2D eigenvalue weighted by molar-refractivity contribution is 0.0684. The zero-order chi connectivity index (χ0) is 9.42. The van der Waals surface area contributed by atoms with Crippen LogP contribution in [0.25, 0.3) is 5.78 Å². The van der Waals surface area contributed by atoms with E-state index in [2.05, 4.69) is 21.3 Å². The Balaban J connectivity index is 2.68. The van der Waals surface area contributed by atoms with Crippen molar-refractivity contribution in [3.63, 3.8) is 0 Å². The molecule has 2 rings (SSSR count). The molecule has 13 heavy (non-hydrogen) atoms. The van der Waals surface area contributed by atoms with Crippen LogP contribution in [-0.2, 0) is 0 Å². The molecule has 2 aromatic rings. The van der Waals surface area contributed by atoms with E-state index in [0.717, 1.165) is 5.69 Å². The Bertz CT molecular complexity index is 476. The summed E-state index contributed by atoms with van der Waals surface area (Å²) in [5.74, 6) is -1.19. The van der Waals surface area contributed by atoms with Crippen LogP contribution in [0.2, 0.25) is 0 Å². The molecular weight excluding hydrogens is 172 g/mol. The van der Waals surface area contributed by atoms with Crippen LogP contribution >= 0.6 is 0 Å². The van der Waals surface area contributed by atoms with Crippen molar-refractivity contribution in [3.8, 4) is 0 Å². The molecule has 0 amide bonds. The van der Waals surface area contributed by atoms with E-state index in [1.165, 1.54) is 4.52 Å². The fraction of sp³-hybridized carbons (Fsp3) is 0.143. The first-order valence-corrected chi connectivity index (χ1v) is 3.52. The Kier molecular flexibility index (Phi) is 1.48. The third kappa shape index (κ3) is 1.22. The molecule has 0 aliphatic carbocycles. The molecule has 2 aromatic heterocycles. The number of aromatic nitrogens is 4. The summed E-state index contributed by atoms with van der Waals surface area (Å²) in [5.41, 5.74) is 0.719. The molecule has 0 aliphatic heterocycles. The minimum Gasteiger partial charge on any atom is -0.475 e. The number of carbonyl (C=O) groups is 1. The quantitative estimate of drug-likeness (QED) is 0.659. The van der Waals surface area contributed by atoms with Crippen LogP contribution in [-0.4, -0.2) is 30.7 Å². The van der Waals surface area contributed by atoms with E-state index in [0.29, 0.717) is 0 Å².